The van der Waals surface area contributed by atoms with Gasteiger partial charge in [0.25, 0.3) is 0 Å². The molecular weight excluding hydrogens is 537 g/mol. The summed E-state index contributed by atoms with van der Waals surface area (Å²) < 4.78 is 14.1. The molecule has 0 N–H and O–H groups in total. The molecule has 3 aliphatic rings. The van der Waals surface area contributed by atoms with Crippen molar-refractivity contribution in [1.82, 2.24) is 0 Å². The third-order valence-corrected chi connectivity index (χ3v) is 21.0. The molecule has 3 saturated carbocycles. The minimum absolute atomic E-state index is 0.203. The van der Waals surface area contributed by atoms with E-state index in [1.54, 1.807) is 5.57 Å². The fourth-order valence-electron chi connectivity index (χ4n) is 7.57. The molecule has 0 heterocycles. The molecule has 3 nitrogen and oxygen atoms in total. The van der Waals surface area contributed by atoms with Gasteiger partial charge in [-0.05, 0) is 123 Å². The molecule has 0 aromatic rings. The Hall–Kier alpha value is -0.756. The van der Waals surface area contributed by atoms with Gasteiger partial charge in [-0.15, -0.1) is 0 Å². The van der Waals surface area contributed by atoms with Gasteiger partial charge in [-0.1, -0.05) is 84.8 Å². The molecule has 6 atom stereocenters. The van der Waals surface area contributed by atoms with Crippen LogP contribution < -0.4 is 0 Å². The van der Waals surface area contributed by atoms with E-state index in [0.29, 0.717) is 23.2 Å². The maximum atomic E-state index is 11.3. The van der Waals surface area contributed by atoms with Gasteiger partial charge in [0.2, 0.25) is 0 Å². The fraction of sp³-hybridized carbons (Fsp3) is 0.806. The van der Waals surface area contributed by atoms with Gasteiger partial charge >= 0.3 is 0 Å². The third kappa shape index (κ3) is 8.05. The van der Waals surface area contributed by atoms with Crippen LogP contribution in [0.1, 0.15) is 114 Å². The van der Waals surface area contributed by atoms with Crippen molar-refractivity contribution in [1.29, 1.82) is 0 Å². The highest BCUT2D eigenvalue weighted by atomic mass is 28.4. The zero-order valence-electron chi connectivity index (χ0n) is 29.1. The summed E-state index contributed by atoms with van der Waals surface area (Å²) in [6.07, 6.45) is 18.2. The van der Waals surface area contributed by atoms with E-state index in [9.17, 15) is 4.79 Å². The molecule has 0 bridgehead atoms. The Morgan fingerprint density at radius 1 is 0.927 bits per heavy atom. The Kier molecular flexibility index (Phi) is 10.8. The van der Waals surface area contributed by atoms with Crippen molar-refractivity contribution in [3.63, 3.8) is 0 Å². The quantitative estimate of drug-likeness (QED) is 0.158. The monoisotopic (exact) mass is 600 g/mol. The molecule has 3 fully saturated rings. The molecule has 3 rings (SSSR count). The molecule has 0 amide bonds. The van der Waals surface area contributed by atoms with E-state index < -0.39 is 16.6 Å². The number of carbonyl (C=O) groups excluding carboxylic acids is 1. The highest BCUT2D eigenvalue weighted by molar-refractivity contribution is 6.74. The number of carbonyl (C=O) groups is 1. The van der Waals surface area contributed by atoms with Gasteiger partial charge in [0.05, 0.1) is 12.2 Å². The van der Waals surface area contributed by atoms with E-state index in [1.165, 1.54) is 37.7 Å². The number of aldehydes is 1. The Balaban J connectivity index is 1.87. The Bertz CT molecular complexity index is 984. The summed E-state index contributed by atoms with van der Waals surface area (Å²) in [5.74, 6) is 1.76. The van der Waals surface area contributed by atoms with Gasteiger partial charge in [-0.2, -0.15) is 0 Å². The normalized spacial score (nSPS) is 32.2. The number of fused-ring (bicyclic) bond motifs is 1. The lowest BCUT2D eigenvalue weighted by molar-refractivity contribution is -0.104. The number of hydrogen-bond acceptors (Lipinski definition) is 3. The van der Waals surface area contributed by atoms with Crippen molar-refractivity contribution in [2.45, 2.75) is 162 Å². The summed E-state index contributed by atoms with van der Waals surface area (Å²) in [6.45, 7) is 30.5. The molecule has 0 aromatic heterocycles. The van der Waals surface area contributed by atoms with E-state index in [0.717, 1.165) is 31.1 Å². The van der Waals surface area contributed by atoms with Gasteiger partial charge in [0.15, 0.2) is 16.6 Å². The zero-order chi connectivity index (χ0) is 31.0. The predicted octanol–water partition coefficient (Wildman–Crippen LogP) is 10.8. The molecule has 0 aliphatic heterocycles. The zero-order valence-corrected chi connectivity index (χ0v) is 31.1. The van der Waals surface area contributed by atoms with Crippen LogP contribution in [0.15, 0.2) is 34.9 Å². The Morgan fingerprint density at radius 3 is 1.95 bits per heavy atom. The van der Waals surface area contributed by atoms with Crippen LogP contribution in [0.3, 0.4) is 0 Å². The van der Waals surface area contributed by atoms with E-state index in [1.807, 2.05) is 6.92 Å². The van der Waals surface area contributed by atoms with Crippen molar-refractivity contribution >= 4 is 22.9 Å². The maximum Gasteiger partial charge on any atom is 0.192 e. The summed E-state index contributed by atoms with van der Waals surface area (Å²) in [7, 11) is -3.75. The molecule has 234 valence electrons. The predicted molar refractivity (Wildman–Crippen MR) is 181 cm³/mol. The van der Waals surface area contributed by atoms with Gasteiger partial charge in [-0.25, -0.2) is 0 Å². The van der Waals surface area contributed by atoms with Gasteiger partial charge < -0.3 is 8.85 Å². The first-order valence-corrected chi connectivity index (χ1v) is 22.4. The van der Waals surface area contributed by atoms with E-state index in [2.05, 4.69) is 99.8 Å². The number of allylic oxidation sites excluding steroid dienone is 5. The van der Waals surface area contributed by atoms with Crippen LogP contribution in [-0.2, 0) is 13.6 Å². The molecule has 0 spiro atoms. The number of rotatable bonds is 8. The average Bonchev–Trinajstić information content (AvgIpc) is 3.18. The lowest BCUT2D eigenvalue weighted by Gasteiger charge is -2.45. The molecule has 3 aliphatic carbocycles. The molecule has 0 radical (unpaired) electrons. The topological polar surface area (TPSA) is 35.5 Å². The first-order chi connectivity index (χ1) is 18.7. The Morgan fingerprint density at radius 2 is 1.46 bits per heavy atom. The van der Waals surface area contributed by atoms with Crippen LogP contribution in [0.25, 0.3) is 0 Å². The minimum Gasteiger partial charge on any atom is -0.414 e. The summed E-state index contributed by atoms with van der Waals surface area (Å²) in [6, 6.07) is 0. The van der Waals surface area contributed by atoms with Crippen molar-refractivity contribution < 1.29 is 13.6 Å². The highest BCUT2D eigenvalue weighted by Gasteiger charge is 2.50. The maximum absolute atomic E-state index is 11.3. The number of hydrogen-bond donors (Lipinski definition) is 0. The van der Waals surface area contributed by atoms with Crippen molar-refractivity contribution in [2.24, 2.45) is 23.2 Å². The summed E-state index contributed by atoms with van der Waals surface area (Å²) >= 11 is 0. The van der Waals surface area contributed by atoms with Crippen LogP contribution in [0.5, 0.6) is 0 Å². The summed E-state index contributed by atoms with van der Waals surface area (Å²) in [4.78, 5) is 11.3. The standard InChI is InChI=1S/C36H64O3Si2/c1-26(25-37)21-27(2)32-18-19-33-29(15-14-20-36(32,33)9)17-16-28-22-30(38-40(10,11)34(3,4)5)24-31(23-28)39-41(12,13)35(6,7)8/h16-17,21,25,27,30-33H,14-15,18-20,22-24H2,1-13H3/b26-21+,29-17+/t27-,30-,31-,32-,33+,36-/m1/s1. The lowest BCUT2D eigenvalue weighted by Crippen LogP contribution is -2.48. The molecule has 41 heavy (non-hydrogen) atoms. The molecule has 0 saturated heterocycles. The van der Waals surface area contributed by atoms with Crippen LogP contribution in [0.4, 0.5) is 0 Å². The van der Waals surface area contributed by atoms with Crippen LogP contribution in [0.2, 0.25) is 36.3 Å². The highest BCUT2D eigenvalue weighted by Crippen LogP contribution is 2.59. The second kappa shape index (κ2) is 12.7. The van der Waals surface area contributed by atoms with Gasteiger partial charge in [-0.3, -0.25) is 4.79 Å². The molecular formula is C36H64O3Si2. The Labute approximate surface area is 256 Å². The van der Waals surface area contributed by atoms with Crippen LogP contribution in [0, 0.1) is 23.2 Å². The SMILES string of the molecule is C/C(C=O)=C\[C@@H](C)[C@H]1CC[C@H]2/C(=C/C=C3C[C@@H](O[Si](C)(C)C(C)(C)C)C[C@H](O[Si](C)(C)C(C)(C)C)C3)CCC[C@]12C. The van der Waals surface area contributed by atoms with Crippen molar-refractivity contribution in [2.75, 3.05) is 0 Å². The van der Waals surface area contributed by atoms with E-state index in [4.69, 9.17) is 8.85 Å². The molecule has 5 heteroatoms. The summed E-state index contributed by atoms with van der Waals surface area (Å²) in [5.41, 5.74) is 4.38. The van der Waals surface area contributed by atoms with Crippen LogP contribution in [-0.4, -0.2) is 35.1 Å². The smallest absolute Gasteiger partial charge is 0.192 e. The van der Waals surface area contributed by atoms with E-state index >= 15 is 0 Å². The first kappa shape index (κ1) is 34.7. The van der Waals surface area contributed by atoms with Gasteiger partial charge in [0.1, 0.15) is 6.29 Å². The largest absolute Gasteiger partial charge is 0.414 e. The van der Waals surface area contributed by atoms with Crippen LogP contribution >= 0.6 is 0 Å². The van der Waals surface area contributed by atoms with Crippen molar-refractivity contribution in [3.8, 4) is 0 Å². The third-order valence-electron chi connectivity index (χ3n) is 12.0. The van der Waals surface area contributed by atoms with Crippen molar-refractivity contribution in [3.05, 3.63) is 34.9 Å². The summed E-state index contributed by atoms with van der Waals surface area (Å²) in [5, 5.41) is 0.405. The molecule has 0 unspecified atom stereocenters. The lowest BCUT2D eigenvalue weighted by atomic mass is 9.61. The minimum atomic E-state index is -1.88. The van der Waals surface area contributed by atoms with E-state index in [-0.39, 0.29) is 22.3 Å². The fourth-order valence-corrected chi connectivity index (χ4v) is 10.3. The average molecular weight is 601 g/mol. The second-order valence-corrected chi connectivity index (χ2v) is 26.7. The molecule has 0 aromatic carbocycles. The second-order valence-electron chi connectivity index (χ2n) is 17.2. The first-order valence-electron chi connectivity index (χ1n) is 16.6. The van der Waals surface area contributed by atoms with Gasteiger partial charge in [0, 0.05) is 0 Å².